The summed E-state index contributed by atoms with van der Waals surface area (Å²) in [5.74, 6) is 0.523. The maximum Gasteiger partial charge on any atom is 0.267 e. The molecule has 0 fully saturated rings. The maximum atomic E-state index is 12.8. The molecule has 1 aliphatic rings. The summed E-state index contributed by atoms with van der Waals surface area (Å²) in [5, 5.41) is 2.95. The second kappa shape index (κ2) is 9.47. The van der Waals surface area contributed by atoms with E-state index in [0.29, 0.717) is 36.5 Å². The lowest BCUT2D eigenvalue weighted by molar-refractivity contribution is -0.125. The molecule has 1 unspecified atom stereocenters. The molecule has 0 radical (unpaired) electrons. The molecule has 5 heteroatoms. The van der Waals surface area contributed by atoms with Crippen LogP contribution in [0.3, 0.4) is 0 Å². The fourth-order valence-corrected chi connectivity index (χ4v) is 3.73. The van der Waals surface area contributed by atoms with Crippen LogP contribution in [0.5, 0.6) is 5.75 Å². The van der Waals surface area contributed by atoms with Crippen LogP contribution in [0.1, 0.15) is 24.5 Å². The zero-order valence-corrected chi connectivity index (χ0v) is 17.6. The summed E-state index contributed by atoms with van der Waals surface area (Å²) < 4.78 is 5.79. The van der Waals surface area contributed by atoms with E-state index in [9.17, 15) is 9.59 Å². The molecule has 0 aromatic heterocycles. The summed E-state index contributed by atoms with van der Waals surface area (Å²) in [4.78, 5) is 27.0. The number of carbonyl (C=O) groups excluding carboxylic acids is 2. The number of aryl methyl sites for hydroxylation is 1. The molecule has 1 aliphatic heterocycles. The summed E-state index contributed by atoms with van der Waals surface area (Å²) in [7, 11) is 0. The minimum atomic E-state index is -0.533. The highest BCUT2D eigenvalue weighted by Gasteiger charge is 2.31. The van der Waals surface area contributed by atoms with Gasteiger partial charge in [-0.2, -0.15) is 0 Å². The molecule has 5 nitrogen and oxygen atoms in total. The van der Waals surface area contributed by atoms with Crippen LogP contribution >= 0.6 is 0 Å². The van der Waals surface area contributed by atoms with Crippen molar-refractivity contribution in [1.82, 2.24) is 0 Å². The Balaban J connectivity index is 1.46. The molecular formula is C26H26N2O3. The van der Waals surface area contributed by atoms with Gasteiger partial charge in [-0.05, 0) is 49.1 Å². The molecular weight excluding hydrogens is 388 g/mol. The fraction of sp³-hybridized carbons (Fsp3) is 0.231. The lowest BCUT2D eigenvalue weighted by Crippen LogP contribution is -2.45. The number of hydrogen-bond acceptors (Lipinski definition) is 3. The number of fused-ring (bicyclic) bond motifs is 1. The summed E-state index contributed by atoms with van der Waals surface area (Å²) in [6, 6.07) is 25.5. The van der Waals surface area contributed by atoms with Gasteiger partial charge in [-0.3, -0.25) is 9.59 Å². The summed E-state index contributed by atoms with van der Waals surface area (Å²) in [5.41, 5.74) is 3.65. The Kier molecular flexibility index (Phi) is 6.32. The van der Waals surface area contributed by atoms with Gasteiger partial charge < -0.3 is 15.0 Å². The first kappa shape index (κ1) is 20.7. The third-order valence-electron chi connectivity index (χ3n) is 5.40. The van der Waals surface area contributed by atoms with Crippen molar-refractivity contribution in [2.24, 2.45) is 0 Å². The Bertz CT molecular complexity index is 1050. The molecule has 0 aliphatic carbocycles. The molecule has 0 spiro atoms. The SMILES string of the molecule is CC1Oc2ccc(NC(=O)CCc3ccccc3)cc2N(CCc2ccccc2)C1=O. The predicted molar refractivity (Wildman–Crippen MR) is 122 cm³/mol. The van der Waals surface area contributed by atoms with E-state index in [-0.39, 0.29) is 11.8 Å². The predicted octanol–water partition coefficient (Wildman–Crippen LogP) is 4.61. The molecule has 3 aromatic rings. The highest BCUT2D eigenvalue weighted by Crippen LogP contribution is 2.36. The second-order valence-corrected chi connectivity index (χ2v) is 7.70. The quantitative estimate of drug-likeness (QED) is 0.614. The minimum Gasteiger partial charge on any atom is -0.479 e. The van der Waals surface area contributed by atoms with Crippen LogP contribution in [0.25, 0.3) is 0 Å². The van der Waals surface area contributed by atoms with Crippen LogP contribution in [0.2, 0.25) is 0 Å². The van der Waals surface area contributed by atoms with Gasteiger partial charge in [-0.15, -0.1) is 0 Å². The van der Waals surface area contributed by atoms with Crippen molar-refractivity contribution in [2.75, 3.05) is 16.8 Å². The highest BCUT2D eigenvalue weighted by molar-refractivity contribution is 6.01. The molecule has 2 amide bonds. The van der Waals surface area contributed by atoms with Crippen LogP contribution in [0, 0.1) is 0 Å². The van der Waals surface area contributed by atoms with Crippen molar-refractivity contribution >= 4 is 23.2 Å². The molecule has 3 aromatic carbocycles. The number of anilines is 2. The number of nitrogens with zero attached hydrogens (tertiary/aromatic N) is 1. The van der Waals surface area contributed by atoms with Gasteiger partial charge in [0.15, 0.2) is 6.10 Å². The molecule has 0 saturated heterocycles. The molecule has 31 heavy (non-hydrogen) atoms. The Morgan fingerprint density at radius 1 is 0.935 bits per heavy atom. The lowest BCUT2D eigenvalue weighted by atomic mass is 10.1. The average Bonchev–Trinajstić information content (AvgIpc) is 2.80. The molecule has 0 saturated carbocycles. The number of rotatable bonds is 7. The van der Waals surface area contributed by atoms with Crippen molar-refractivity contribution in [3.05, 3.63) is 90.0 Å². The largest absolute Gasteiger partial charge is 0.479 e. The summed E-state index contributed by atoms with van der Waals surface area (Å²) >= 11 is 0. The first-order valence-electron chi connectivity index (χ1n) is 10.6. The van der Waals surface area contributed by atoms with E-state index < -0.39 is 6.10 Å². The van der Waals surface area contributed by atoms with E-state index >= 15 is 0 Å². The van der Waals surface area contributed by atoms with Crippen molar-refractivity contribution in [2.45, 2.75) is 32.3 Å². The van der Waals surface area contributed by atoms with Gasteiger partial charge in [0.05, 0.1) is 5.69 Å². The Hall–Kier alpha value is -3.60. The number of ether oxygens (including phenoxy) is 1. The van der Waals surface area contributed by atoms with Crippen molar-refractivity contribution < 1.29 is 14.3 Å². The Labute approximate surface area is 182 Å². The van der Waals surface area contributed by atoms with Crippen LogP contribution in [0.4, 0.5) is 11.4 Å². The number of nitrogens with one attached hydrogen (secondary N) is 1. The summed E-state index contributed by atoms with van der Waals surface area (Å²) in [6.07, 6.45) is 1.28. The normalized spacial score (nSPS) is 15.2. The monoisotopic (exact) mass is 414 g/mol. The molecule has 1 N–H and O–H groups in total. The fourth-order valence-electron chi connectivity index (χ4n) is 3.73. The van der Waals surface area contributed by atoms with Gasteiger partial charge in [0.1, 0.15) is 5.75 Å². The van der Waals surface area contributed by atoms with Gasteiger partial charge >= 0.3 is 0 Å². The first-order valence-corrected chi connectivity index (χ1v) is 10.6. The average molecular weight is 415 g/mol. The lowest BCUT2D eigenvalue weighted by Gasteiger charge is -2.33. The third kappa shape index (κ3) is 5.12. The van der Waals surface area contributed by atoms with E-state index in [1.807, 2.05) is 66.7 Å². The van der Waals surface area contributed by atoms with E-state index in [0.717, 1.165) is 12.0 Å². The first-order chi connectivity index (χ1) is 15.1. The Morgan fingerprint density at radius 2 is 1.58 bits per heavy atom. The van der Waals surface area contributed by atoms with Crippen molar-refractivity contribution in [3.63, 3.8) is 0 Å². The minimum absolute atomic E-state index is 0.0592. The Morgan fingerprint density at radius 3 is 2.26 bits per heavy atom. The smallest absolute Gasteiger partial charge is 0.267 e. The van der Waals surface area contributed by atoms with Gasteiger partial charge in [-0.25, -0.2) is 0 Å². The van der Waals surface area contributed by atoms with Crippen molar-refractivity contribution in [1.29, 1.82) is 0 Å². The molecule has 4 rings (SSSR count). The van der Waals surface area contributed by atoms with Crippen LogP contribution < -0.4 is 15.0 Å². The maximum absolute atomic E-state index is 12.8. The van der Waals surface area contributed by atoms with E-state index in [1.54, 1.807) is 11.8 Å². The molecule has 158 valence electrons. The third-order valence-corrected chi connectivity index (χ3v) is 5.40. The molecule has 1 heterocycles. The summed E-state index contributed by atoms with van der Waals surface area (Å²) in [6.45, 7) is 2.31. The van der Waals surface area contributed by atoms with E-state index in [1.165, 1.54) is 5.56 Å². The standard InChI is InChI=1S/C26H26N2O3/c1-19-26(30)28(17-16-21-10-6-3-7-11-21)23-18-22(13-14-24(23)31-19)27-25(29)15-12-20-8-4-2-5-9-20/h2-11,13-14,18-19H,12,15-17H2,1H3,(H,27,29). The van der Waals surface area contributed by atoms with Crippen molar-refractivity contribution in [3.8, 4) is 5.75 Å². The number of amides is 2. The molecule has 1 atom stereocenters. The number of hydrogen-bond donors (Lipinski definition) is 1. The van der Waals surface area contributed by atoms with E-state index in [2.05, 4.69) is 17.4 Å². The second-order valence-electron chi connectivity index (χ2n) is 7.70. The van der Waals surface area contributed by atoms with Gasteiger partial charge in [0.25, 0.3) is 5.91 Å². The zero-order chi connectivity index (χ0) is 21.6. The topological polar surface area (TPSA) is 58.6 Å². The van der Waals surface area contributed by atoms with Crippen LogP contribution in [0.15, 0.2) is 78.9 Å². The van der Waals surface area contributed by atoms with Gasteiger partial charge in [-0.1, -0.05) is 60.7 Å². The highest BCUT2D eigenvalue weighted by atomic mass is 16.5. The zero-order valence-electron chi connectivity index (χ0n) is 17.6. The van der Waals surface area contributed by atoms with Gasteiger partial charge in [0.2, 0.25) is 5.91 Å². The van der Waals surface area contributed by atoms with Crippen LogP contribution in [-0.4, -0.2) is 24.5 Å². The van der Waals surface area contributed by atoms with E-state index in [4.69, 9.17) is 4.74 Å². The van der Waals surface area contributed by atoms with Gasteiger partial charge in [0, 0.05) is 18.7 Å². The molecule has 0 bridgehead atoms. The number of carbonyl (C=O) groups is 2. The van der Waals surface area contributed by atoms with Crippen LogP contribution in [-0.2, 0) is 22.4 Å². The number of benzene rings is 3.